The highest BCUT2D eigenvalue weighted by Gasteiger charge is 2.24. The van der Waals surface area contributed by atoms with Crippen molar-refractivity contribution in [2.75, 3.05) is 27.3 Å². The van der Waals surface area contributed by atoms with E-state index in [1.54, 1.807) is 24.3 Å². The van der Waals surface area contributed by atoms with Crippen molar-refractivity contribution in [3.63, 3.8) is 0 Å². The number of carbonyl (C=O) groups is 3. The molecule has 1 aromatic heterocycles. The summed E-state index contributed by atoms with van der Waals surface area (Å²) < 4.78 is 36.1. The lowest BCUT2D eigenvalue weighted by molar-refractivity contribution is -0.152. The van der Waals surface area contributed by atoms with Gasteiger partial charge in [0.05, 0.1) is 25.3 Å². The van der Waals surface area contributed by atoms with Gasteiger partial charge in [-0.05, 0) is 23.9 Å². The summed E-state index contributed by atoms with van der Waals surface area (Å²) in [6, 6.07) is 6.64. The van der Waals surface area contributed by atoms with Gasteiger partial charge in [0.2, 0.25) is 5.91 Å². The first-order valence-electron chi connectivity index (χ1n) is 7.67. The van der Waals surface area contributed by atoms with Crippen molar-refractivity contribution in [1.29, 1.82) is 0 Å². The fourth-order valence-corrected chi connectivity index (χ4v) is 2.88. The zero-order chi connectivity index (χ0) is 20.0. The summed E-state index contributed by atoms with van der Waals surface area (Å²) in [4.78, 5) is 40.8. The number of methoxy groups -OCH3 is 2. The van der Waals surface area contributed by atoms with E-state index in [1.807, 2.05) is 0 Å². The standard InChI is InChI=1S/C16H17F2N3O5S/c1-25-13(23)8-20(9-14(24)26-2)12(22)7-21-11-6-4-3-5-10(11)19-16(21)27-15(17)18/h3-6,15H,7-9H2,1-2H3. The molecule has 0 aliphatic carbocycles. The lowest BCUT2D eigenvalue weighted by Gasteiger charge is -2.21. The molecule has 0 radical (unpaired) electrons. The largest absolute Gasteiger partial charge is 0.468 e. The number of aromatic nitrogens is 2. The predicted octanol–water partition coefficient (Wildman–Crippen LogP) is 1.53. The number of nitrogens with zero attached hydrogens (tertiary/aromatic N) is 3. The molecule has 8 nitrogen and oxygen atoms in total. The molecule has 2 aromatic rings. The van der Waals surface area contributed by atoms with Crippen LogP contribution in [0, 0.1) is 0 Å². The number of alkyl halides is 2. The van der Waals surface area contributed by atoms with Crippen molar-refractivity contribution in [2.24, 2.45) is 0 Å². The van der Waals surface area contributed by atoms with E-state index < -0.39 is 36.7 Å². The minimum absolute atomic E-state index is 0.0457. The molecule has 0 saturated carbocycles. The maximum absolute atomic E-state index is 12.9. The number of thioether (sulfide) groups is 1. The van der Waals surface area contributed by atoms with Gasteiger partial charge >= 0.3 is 11.9 Å². The van der Waals surface area contributed by atoms with Crippen molar-refractivity contribution in [3.05, 3.63) is 24.3 Å². The second-order valence-corrected chi connectivity index (χ2v) is 6.21. The second-order valence-electron chi connectivity index (χ2n) is 5.25. The smallest absolute Gasteiger partial charge is 0.325 e. The molecule has 146 valence electrons. The van der Waals surface area contributed by atoms with Gasteiger partial charge in [-0.3, -0.25) is 14.4 Å². The predicted molar refractivity (Wildman–Crippen MR) is 92.2 cm³/mol. The van der Waals surface area contributed by atoms with Crippen LogP contribution < -0.4 is 0 Å². The number of carbonyl (C=O) groups excluding carboxylic acids is 3. The number of hydrogen-bond donors (Lipinski definition) is 0. The third-order valence-electron chi connectivity index (χ3n) is 3.56. The summed E-state index contributed by atoms with van der Waals surface area (Å²) in [6.45, 7) is -1.34. The van der Waals surface area contributed by atoms with Crippen molar-refractivity contribution < 1.29 is 32.6 Å². The summed E-state index contributed by atoms with van der Waals surface area (Å²) in [5, 5.41) is -0.0457. The number of para-hydroxylation sites is 2. The topological polar surface area (TPSA) is 90.7 Å². The van der Waals surface area contributed by atoms with Crippen molar-refractivity contribution in [2.45, 2.75) is 17.5 Å². The van der Waals surface area contributed by atoms with Crippen molar-refractivity contribution in [1.82, 2.24) is 14.5 Å². The molecule has 0 saturated heterocycles. The van der Waals surface area contributed by atoms with Crippen LogP contribution in [0.2, 0.25) is 0 Å². The number of ether oxygens (including phenoxy) is 2. The highest BCUT2D eigenvalue weighted by Crippen LogP contribution is 2.28. The zero-order valence-electron chi connectivity index (χ0n) is 14.6. The van der Waals surface area contributed by atoms with Gasteiger partial charge < -0.3 is 18.9 Å². The number of fused-ring (bicyclic) bond motifs is 1. The summed E-state index contributed by atoms with van der Waals surface area (Å²) >= 11 is 0.206. The molecule has 1 heterocycles. The fourth-order valence-electron chi connectivity index (χ4n) is 2.28. The Bertz CT molecular complexity index is 825. The highest BCUT2D eigenvalue weighted by molar-refractivity contribution is 7.99. The SMILES string of the molecule is COC(=O)CN(CC(=O)OC)C(=O)Cn1c(SC(F)F)nc2ccccc21. The number of hydrogen-bond acceptors (Lipinski definition) is 7. The normalized spacial score (nSPS) is 10.9. The quantitative estimate of drug-likeness (QED) is 0.489. The molecule has 1 aromatic carbocycles. The second kappa shape index (κ2) is 9.31. The third-order valence-corrected chi connectivity index (χ3v) is 4.26. The number of amides is 1. The maximum atomic E-state index is 12.9. The van der Waals surface area contributed by atoms with Crippen molar-refractivity contribution in [3.8, 4) is 0 Å². The van der Waals surface area contributed by atoms with Gasteiger partial charge in [0, 0.05) is 0 Å². The Balaban J connectivity index is 2.32. The highest BCUT2D eigenvalue weighted by atomic mass is 32.2. The first-order chi connectivity index (χ1) is 12.8. The van der Waals surface area contributed by atoms with Crippen LogP contribution in [0.25, 0.3) is 11.0 Å². The van der Waals surface area contributed by atoms with E-state index in [-0.39, 0.29) is 23.5 Å². The molecule has 27 heavy (non-hydrogen) atoms. The van der Waals surface area contributed by atoms with Gasteiger partial charge in [-0.2, -0.15) is 8.78 Å². The number of rotatable bonds is 8. The molecule has 0 aliphatic rings. The van der Waals surface area contributed by atoms with Crippen LogP contribution in [-0.4, -0.2) is 65.4 Å². The summed E-state index contributed by atoms with van der Waals surface area (Å²) in [7, 11) is 2.29. The molecule has 0 fully saturated rings. The minimum Gasteiger partial charge on any atom is -0.468 e. The van der Waals surface area contributed by atoms with E-state index in [0.29, 0.717) is 11.0 Å². The van der Waals surface area contributed by atoms with Crippen LogP contribution in [0.1, 0.15) is 0 Å². The van der Waals surface area contributed by atoms with E-state index in [2.05, 4.69) is 14.5 Å². The molecule has 0 aliphatic heterocycles. The Morgan fingerprint density at radius 1 is 1.15 bits per heavy atom. The zero-order valence-corrected chi connectivity index (χ0v) is 15.4. The first kappa shape index (κ1) is 20.6. The summed E-state index contributed by atoms with van der Waals surface area (Å²) in [6.07, 6.45) is 0. The van der Waals surface area contributed by atoms with Gasteiger partial charge in [-0.15, -0.1) is 0 Å². The van der Waals surface area contributed by atoms with E-state index in [1.165, 1.54) is 4.57 Å². The minimum atomic E-state index is -2.73. The Hall–Kier alpha value is -2.69. The fraction of sp³-hybridized carbons (Fsp3) is 0.375. The van der Waals surface area contributed by atoms with E-state index in [0.717, 1.165) is 19.1 Å². The Morgan fingerprint density at radius 3 is 2.30 bits per heavy atom. The van der Waals surface area contributed by atoms with Crippen LogP contribution in [0.5, 0.6) is 0 Å². The number of esters is 2. The van der Waals surface area contributed by atoms with Crippen LogP contribution >= 0.6 is 11.8 Å². The average Bonchev–Trinajstić information content (AvgIpc) is 2.97. The molecule has 0 spiro atoms. The molecule has 2 rings (SSSR count). The molecular formula is C16H17F2N3O5S. The van der Waals surface area contributed by atoms with Crippen LogP contribution in [0.3, 0.4) is 0 Å². The Kier molecular flexibility index (Phi) is 7.11. The van der Waals surface area contributed by atoms with Gasteiger partial charge in [0.15, 0.2) is 5.16 Å². The van der Waals surface area contributed by atoms with E-state index >= 15 is 0 Å². The van der Waals surface area contributed by atoms with Gasteiger partial charge in [0.25, 0.3) is 5.76 Å². The molecule has 1 amide bonds. The Labute approximate surface area is 157 Å². The Morgan fingerprint density at radius 2 is 1.74 bits per heavy atom. The van der Waals surface area contributed by atoms with Gasteiger partial charge in [-0.1, -0.05) is 12.1 Å². The van der Waals surface area contributed by atoms with E-state index in [9.17, 15) is 23.2 Å². The molecule has 0 bridgehead atoms. The monoisotopic (exact) mass is 401 g/mol. The average molecular weight is 401 g/mol. The summed E-state index contributed by atoms with van der Waals surface area (Å²) in [5.74, 6) is -4.84. The molecule has 0 N–H and O–H groups in total. The lowest BCUT2D eigenvalue weighted by atomic mass is 10.3. The molecular weight excluding hydrogens is 384 g/mol. The first-order valence-corrected chi connectivity index (χ1v) is 8.55. The number of halogens is 2. The maximum Gasteiger partial charge on any atom is 0.325 e. The molecule has 0 unspecified atom stereocenters. The van der Waals surface area contributed by atoms with Gasteiger partial charge in [-0.25, -0.2) is 4.98 Å². The molecule has 0 atom stereocenters. The van der Waals surface area contributed by atoms with Crippen LogP contribution in [0.15, 0.2) is 29.4 Å². The number of benzene rings is 1. The van der Waals surface area contributed by atoms with Crippen LogP contribution in [-0.2, 0) is 30.4 Å². The van der Waals surface area contributed by atoms with Crippen molar-refractivity contribution >= 4 is 40.6 Å². The molecule has 11 heteroatoms. The third kappa shape index (κ3) is 5.39. The summed E-state index contributed by atoms with van der Waals surface area (Å²) in [5.41, 5.74) is 0.922. The van der Waals surface area contributed by atoms with Gasteiger partial charge in [0.1, 0.15) is 19.6 Å². The lowest BCUT2D eigenvalue weighted by Crippen LogP contribution is -2.41. The number of imidazole rings is 1. The van der Waals surface area contributed by atoms with Crippen LogP contribution in [0.4, 0.5) is 8.78 Å². The van der Waals surface area contributed by atoms with E-state index in [4.69, 9.17) is 0 Å².